The lowest BCUT2D eigenvalue weighted by atomic mass is 10.0. The molecule has 0 saturated carbocycles. The molecular weight excluding hydrogens is 673 g/mol. The molecule has 54 heavy (non-hydrogen) atoms. The van der Waals surface area contributed by atoms with E-state index < -0.39 is 6.10 Å². The van der Waals surface area contributed by atoms with Gasteiger partial charge >= 0.3 is 17.9 Å². The normalized spacial score (nSPS) is 11.8. The van der Waals surface area contributed by atoms with Crippen molar-refractivity contribution in [2.75, 3.05) is 13.2 Å². The Kier molecular flexibility index (Phi) is 42.8. The van der Waals surface area contributed by atoms with E-state index in [4.69, 9.17) is 14.2 Å². The minimum atomic E-state index is -0.757. The molecule has 0 heterocycles. The van der Waals surface area contributed by atoms with Crippen LogP contribution < -0.4 is 0 Å². The molecule has 0 aromatic rings. The molecular formula is C48H92O6. The smallest absolute Gasteiger partial charge is 0.306 e. The van der Waals surface area contributed by atoms with Crippen LogP contribution in [0, 0.1) is 0 Å². The van der Waals surface area contributed by atoms with E-state index in [2.05, 4.69) is 20.8 Å². The first-order valence-corrected chi connectivity index (χ1v) is 24.0. The topological polar surface area (TPSA) is 78.9 Å². The Bertz CT molecular complexity index is 798. The van der Waals surface area contributed by atoms with Gasteiger partial charge in [-0.3, -0.25) is 14.4 Å². The summed E-state index contributed by atoms with van der Waals surface area (Å²) in [7, 11) is 0. The standard InChI is InChI=1S/C48H92O6/c1-4-7-10-13-16-19-21-23-24-25-27-30-32-35-38-41-47(50)53-44-45(54-48(51)42-39-36-33-28-18-15-12-9-6-3)43-52-46(49)40-37-34-31-29-26-22-20-17-14-11-8-5-2/h45H,4-44H2,1-3H3/t45-/m0/s1. The van der Waals surface area contributed by atoms with Crippen LogP contribution in [-0.2, 0) is 28.6 Å². The van der Waals surface area contributed by atoms with E-state index in [-0.39, 0.29) is 31.1 Å². The predicted molar refractivity (Wildman–Crippen MR) is 229 cm³/mol. The third kappa shape index (κ3) is 41.6. The number of unbranched alkanes of at least 4 members (excludes halogenated alkanes) is 33. The molecule has 0 aromatic heterocycles. The van der Waals surface area contributed by atoms with Crippen LogP contribution in [0.4, 0.5) is 0 Å². The van der Waals surface area contributed by atoms with Crippen molar-refractivity contribution in [2.24, 2.45) is 0 Å². The molecule has 0 unspecified atom stereocenters. The van der Waals surface area contributed by atoms with Crippen molar-refractivity contribution in [1.29, 1.82) is 0 Å². The van der Waals surface area contributed by atoms with Gasteiger partial charge in [-0.25, -0.2) is 0 Å². The first-order chi connectivity index (χ1) is 26.5. The molecule has 320 valence electrons. The molecule has 0 radical (unpaired) electrons. The predicted octanol–water partition coefficient (Wildman–Crippen LogP) is 15.3. The summed E-state index contributed by atoms with van der Waals surface area (Å²) in [4.78, 5) is 37.7. The molecule has 0 aliphatic rings. The van der Waals surface area contributed by atoms with Crippen molar-refractivity contribution in [3.8, 4) is 0 Å². The monoisotopic (exact) mass is 765 g/mol. The van der Waals surface area contributed by atoms with E-state index >= 15 is 0 Å². The molecule has 6 nitrogen and oxygen atoms in total. The van der Waals surface area contributed by atoms with Gasteiger partial charge < -0.3 is 14.2 Å². The number of hydrogen-bond acceptors (Lipinski definition) is 6. The van der Waals surface area contributed by atoms with Gasteiger partial charge in [0.2, 0.25) is 0 Å². The van der Waals surface area contributed by atoms with Crippen LogP contribution in [0.25, 0.3) is 0 Å². The van der Waals surface area contributed by atoms with Crippen molar-refractivity contribution in [1.82, 2.24) is 0 Å². The lowest BCUT2D eigenvalue weighted by Gasteiger charge is -2.18. The van der Waals surface area contributed by atoms with Gasteiger partial charge in [-0.15, -0.1) is 0 Å². The molecule has 0 aliphatic heterocycles. The quantitative estimate of drug-likeness (QED) is 0.0349. The van der Waals surface area contributed by atoms with Gasteiger partial charge in [0, 0.05) is 19.3 Å². The fourth-order valence-corrected chi connectivity index (χ4v) is 7.21. The summed E-state index contributed by atoms with van der Waals surface area (Å²) in [6, 6.07) is 0. The van der Waals surface area contributed by atoms with Gasteiger partial charge in [-0.05, 0) is 19.3 Å². The van der Waals surface area contributed by atoms with Gasteiger partial charge in [0.1, 0.15) is 13.2 Å². The zero-order chi connectivity index (χ0) is 39.4. The third-order valence-corrected chi connectivity index (χ3v) is 10.9. The second-order valence-corrected chi connectivity index (χ2v) is 16.4. The Labute approximate surface area is 336 Å². The van der Waals surface area contributed by atoms with Crippen LogP contribution in [0.1, 0.15) is 271 Å². The van der Waals surface area contributed by atoms with E-state index in [1.807, 2.05) is 0 Å². The lowest BCUT2D eigenvalue weighted by Crippen LogP contribution is -2.30. The van der Waals surface area contributed by atoms with E-state index in [0.29, 0.717) is 19.3 Å². The van der Waals surface area contributed by atoms with E-state index in [1.165, 1.54) is 173 Å². The molecule has 1 atom stereocenters. The van der Waals surface area contributed by atoms with Crippen molar-refractivity contribution >= 4 is 17.9 Å². The molecule has 0 amide bonds. The zero-order valence-electron chi connectivity index (χ0n) is 36.5. The van der Waals surface area contributed by atoms with Crippen molar-refractivity contribution in [2.45, 2.75) is 277 Å². The Morgan fingerprint density at radius 3 is 0.741 bits per heavy atom. The number of ether oxygens (including phenoxy) is 3. The highest BCUT2D eigenvalue weighted by atomic mass is 16.6. The van der Waals surface area contributed by atoms with Gasteiger partial charge in [0.15, 0.2) is 6.10 Å². The van der Waals surface area contributed by atoms with Crippen molar-refractivity contribution in [3.63, 3.8) is 0 Å². The lowest BCUT2D eigenvalue weighted by molar-refractivity contribution is -0.167. The summed E-state index contributed by atoms with van der Waals surface area (Å²) in [5.74, 6) is -0.850. The fraction of sp³-hybridized carbons (Fsp3) is 0.938. The minimum Gasteiger partial charge on any atom is -0.462 e. The fourth-order valence-electron chi connectivity index (χ4n) is 7.21. The van der Waals surface area contributed by atoms with Crippen LogP contribution in [0.5, 0.6) is 0 Å². The summed E-state index contributed by atoms with van der Waals surface area (Å²) >= 11 is 0. The summed E-state index contributed by atoms with van der Waals surface area (Å²) < 4.78 is 16.7. The van der Waals surface area contributed by atoms with Gasteiger partial charge in [-0.2, -0.15) is 0 Å². The third-order valence-electron chi connectivity index (χ3n) is 10.9. The average molecular weight is 765 g/mol. The maximum Gasteiger partial charge on any atom is 0.306 e. The number of carbonyl (C=O) groups excluding carboxylic acids is 3. The Morgan fingerprint density at radius 1 is 0.296 bits per heavy atom. The Balaban J connectivity index is 4.26. The second-order valence-electron chi connectivity index (χ2n) is 16.4. The van der Waals surface area contributed by atoms with Crippen LogP contribution in [0.2, 0.25) is 0 Å². The number of rotatable bonds is 44. The molecule has 0 rings (SSSR count). The molecule has 0 bridgehead atoms. The zero-order valence-corrected chi connectivity index (χ0v) is 36.5. The molecule has 0 aromatic carbocycles. The number of hydrogen-bond donors (Lipinski definition) is 0. The highest BCUT2D eigenvalue weighted by Crippen LogP contribution is 2.16. The highest BCUT2D eigenvalue weighted by Gasteiger charge is 2.19. The SMILES string of the molecule is CCCCCCCCCCCCCCCCCC(=O)OC[C@H](COC(=O)CCCCCCCCCCCCCC)OC(=O)CCCCCCCCCCC. The van der Waals surface area contributed by atoms with Crippen LogP contribution >= 0.6 is 0 Å². The Hall–Kier alpha value is -1.59. The number of carbonyl (C=O) groups is 3. The van der Waals surface area contributed by atoms with Crippen LogP contribution in [-0.4, -0.2) is 37.2 Å². The maximum atomic E-state index is 12.7. The molecule has 6 heteroatoms. The van der Waals surface area contributed by atoms with Gasteiger partial charge in [0.25, 0.3) is 0 Å². The summed E-state index contributed by atoms with van der Waals surface area (Å²) in [5.41, 5.74) is 0. The maximum absolute atomic E-state index is 12.7. The van der Waals surface area contributed by atoms with E-state index in [9.17, 15) is 14.4 Å². The van der Waals surface area contributed by atoms with Crippen LogP contribution in [0.15, 0.2) is 0 Å². The number of esters is 3. The second kappa shape index (κ2) is 44.1. The van der Waals surface area contributed by atoms with Gasteiger partial charge in [0.05, 0.1) is 0 Å². The molecule has 0 saturated heterocycles. The van der Waals surface area contributed by atoms with Gasteiger partial charge in [-0.1, -0.05) is 233 Å². The summed E-state index contributed by atoms with van der Waals surface area (Å²) in [5, 5.41) is 0. The Morgan fingerprint density at radius 2 is 0.500 bits per heavy atom. The first kappa shape index (κ1) is 52.4. The van der Waals surface area contributed by atoms with Crippen molar-refractivity contribution in [3.05, 3.63) is 0 Å². The first-order valence-electron chi connectivity index (χ1n) is 24.0. The average Bonchev–Trinajstić information content (AvgIpc) is 3.17. The van der Waals surface area contributed by atoms with E-state index in [1.54, 1.807) is 0 Å². The summed E-state index contributed by atoms with van der Waals surface area (Å²) in [6.07, 6.45) is 45.1. The molecule has 0 aliphatic carbocycles. The van der Waals surface area contributed by atoms with Crippen LogP contribution in [0.3, 0.4) is 0 Å². The largest absolute Gasteiger partial charge is 0.462 e. The highest BCUT2D eigenvalue weighted by molar-refractivity contribution is 5.71. The molecule has 0 spiro atoms. The minimum absolute atomic E-state index is 0.0625. The van der Waals surface area contributed by atoms with E-state index in [0.717, 1.165) is 57.8 Å². The summed E-state index contributed by atoms with van der Waals surface area (Å²) in [6.45, 7) is 6.64. The molecule has 0 N–H and O–H groups in total. The molecule has 0 fully saturated rings. The van der Waals surface area contributed by atoms with Crippen molar-refractivity contribution < 1.29 is 28.6 Å².